The van der Waals surface area contributed by atoms with E-state index in [0.29, 0.717) is 12.1 Å². The maximum absolute atomic E-state index is 13.0. The highest BCUT2D eigenvalue weighted by atomic mass is 16.3. The second kappa shape index (κ2) is 6.63. The topological polar surface area (TPSA) is 99.0 Å². The Morgan fingerprint density at radius 1 is 1.25 bits per heavy atom. The van der Waals surface area contributed by atoms with Crippen molar-refractivity contribution in [2.75, 3.05) is 13.2 Å². The molecule has 2 aromatic rings. The summed E-state index contributed by atoms with van der Waals surface area (Å²) in [5.74, 6) is -0.535. The van der Waals surface area contributed by atoms with Crippen LogP contribution in [0.15, 0.2) is 41.7 Å². The van der Waals surface area contributed by atoms with Gasteiger partial charge in [0.2, 0.25) is 5.91 Å². The van der Waals surface area contributed by atoms with Gasteiger partial charge in [0, 0.05) is 17.9 Å². The lowest BCUT2D eigenvalue weighted by molar-refractivity contribution is -0.140. The van der Waals surface area contributed by atoms with Crippen LogP contribution >= 0.6 is 0 Å². The minimum atomic E-state index is -0.596. The predicted molar refractivity (Wildman–Crippen MR) is 101 cm³/mol. The maximum atomic E-state index is 13.0. The van der Waals surface area contributed by atoms with E-state index >= 15 is 0 Å². The standard InChI is InChI=1S/C20H23N5O3/c26-11-17(27)24-15-6-2-1-5-13(15)23-14-10-21-20(28)18(14)19(24)16-7-3-4-12-8-9-22-25(12)16/h3-4,7-9,13,15,19,23,26H,1-2,5-6,10-11H2,(H,21,28)/t13-,15?,19-/m1/s1. The highest BCUT2D eigenvalue weighted by Crippen LogP contribution is 2.40. The van der Waals surface area contributed by atoms with Crippen molar-refractivity contribution in [2.24, 2.45) is 0 Å². The smallest absolute Gasteiger partial charge is 0.251 e. The number of hydrogen-bond donors (Lipinski definition) is 3. The zero-order chi connectivity index (χ0) is 19.3. The van der Waals surface area contributed by atoms with Crippen LogP contribution in [0.5, 0.6) is 0 Å². The molecule has 28 heavy (non-hydrogen) atoms. The summed E-state index contributed by atoms with van der Waals surface area (Å²) < 4.78 is 1.78. The van der Waals surface area contributed by atoms with Crippen LogP contribution in [0, 0.1) is 0 Å². The van der Waals surface area contributed by atoms with Crippen molar-refractivity contribution >= 4 is 17.3 Å². The average molecular weight is 381 g/mol. The molecule has 5 rings (SSSR count). The van der Waals surface area contributed by atoms with E-state index in [1.54, 1.807) is 15.6 Å². The summed E-state index contributed by atoms with van der Waals surface area (Å²) in [5.41, 5.74) is 3.05. The van der Waals surface area contributed by atoms with Crippen LogP contribution in [0.1, 0.15) is 37.4 Å². The highest BCUT2D eigenvalue weighted by molar-refractivity contribution is 5.99. The number of nitrogens with one attached hydrogen (secondary N) is 2. The summed E-state index contributed by atoms with van der Waals surface area (Å²) in [6.07, 6.45) is 5.59. The van der Waals surface area contributed by atoms with Gasteiger partial charge >= 0.3 is 0 Å². The molecule has 4 heterocycles. The summed E-state index contributed by atoms with van der Waals surface area (Å²) in [6.45, 7) is -0.150. The van der Waals surface area contributed by atoms with Gasteiger partial charge in [0.1, 0.15) is 12.6 Å². The third kappa shape index (κ3) is 2.51. The number of nitrogens with zero attached hydrogens (tertiary/aromatic N) is 3. The molecule has 0 aromatic carbocycles. The van der Waals surface area contributed by atoms with Gasteiger partial charge in [0.05, 0.1) is 29.4 Å². The molecule has 8 heteroatoms. The molecule has 3 N–H and O–H groups in total. The largest absolute Gasteiger partial charge is 0.387 e. The number of pyridine rings is 1. The van der Waals surface area contributed by atoms with Gasteiger partial charge in [-0.25, -0.2) is 4.52 Å². The Kier molecular flexibility index (Phi) is 4.08. The molecule has 2 aliphatic heterocycles. The molecule has 0 radical (unpaired) electrons. The molecule has 1 saturated carbocycles. The number of carbonyl (C=O) groups excluding carboxylic acids is 2. The molecule has 0 saturated heterocycles. The number of aromatic nitrogens is 2. The van der Waals surface area contributed by atoms with Crippen LogP contribution < -0.4 is 10.6 Å². The minimum Gasteiger partial charge on any atom is -0.387 e. The molecule has 1 aliphatic carbocycles. The number of carbonyl (C=O) groups is 2. The van der Waals surface area contributed by atoms with Crippen LogP contribution in [-0.4, -0.2) is 56.7 Å². The van der Waals surface area contributed by atoms with E-state index in [1.807, 2.05) is 24.3 Å². The maximum Gasteiger partial charge on any atom is 0.251 e. The third-order valence-electron chi connectivity index (χ3n) is 6.15. The lowest BCUT2D eigenvalue weighted by Gasteiger charge is -2.42. The molecule has 8 nitrogen and oxygen atoms in total. The van der Waals surface area contributed by atoms with Crippen molar-refractivity contribution in [2.45, 2.75) is 43.8 Å². The van der Waals surface area contributed by atoms with Crippen molar-refractivity contribution in [3.63, 3.8) is 0 Å². The first kappa shape index (κ1) is 17.2. The van der Waals surface area contributed by atoms with E-state index in [4.69, 9.17) is 0 Å². The summed E-state index contributed by atoms with van der Waals surface area (Å²) in [4.78, 5) is 27.6. The predicted octanol–water partition coefficient (Wildman–Crippen LogP) is 0.495. The summed E-state index contributed by atoms with van der Waals surface area (Å²) in [7, 11) is 0. The van der Waals surface area contributed by atoms with E-state index in [2.05, 4.69) is 15.7 Å². The van der Waals surface area contributed by atoms with Crippen LogP contribution in [0.4, 0.5) is 0 Å². The second-order valence-corrected chi connectivity index (χ2v) is 7.66. The Balaban J connectivity index is 1.75. The van der Waals surface area contributed by atoms with Crippen molar-refractivity contribution in [3.8, 4) is 0 Å². The fourth-order valence-electron chi connectivity index (χ4n) is 4.96. The van der Waals surface area contributed by atoms with Crippen LogP contribution in [0.2, 0.25) is 0 Å². The molecule has 146 valence electrons. The zero-order valence-corrected chi connectivity index (χ0v) is 15.5. The van der Waals surface area contributed by atoms with Crippen molar-refractivity contribution in [1.82, 2.24) is 25.1 Å². The molecule has 2 amide bonds. The van der Waals surface area contributed by atoms with Crippen LogP contribution in [0.3, 0.4) is 0 Å². The molecular formula is C20H23N5O3. The number of aliphatic hydroxyl groups is 1. The Hall–Kier alpha value is -2.87. The first-order valence-corrected chi connectivity index (χ1v) is 9.81. The second-order valence-electron chi connectivity index (χ2n) is 7.66. The van der Waals surface area contributed by atoms with E-state index < -0.39 is 12.6 Å². The number of amides is 2. The van der Waals surface area contributed by atoms with Gasteiger partial charge in [-0.3, -0.25) is 9.59 Å². The summed E-state index contributed by atoms with van der Waals surface area (Å²) in [6, 6.07) is 7.05. The molecule has 0 bridgehead atoms. The van der Waals surface area contributed by atoms with E-state index in [0.717, 1.165) is 42.6 Å². The number of hydrogen-bond acceptors (Lipinski definition) is 5. The van der Waals surface area contributed by atoms with Gasteiger partial charge in [-0.15, -0.1) is 0 Å². The lowest BCUT2D eigenvalue weighted by Crippen LogP contribution is -2.54. The molecular weight excluding hydrogens is 358 g/mol. The Labute approximate surface area is 162 Å². The van der Waals surface area contributed by atoms with E-state index in [1.165, 1.54) is 0 Å². The Bertz CT molecular complexity index is 981. The fourth-order valence-corrected chi connectivity index (χ4v) is 4.96. The van der Waals surface area contributed by atoms with Gasteiger partial charge < -0.3 is 20.6 Å². The van der Waals surface area contributed by atoms with Crippen LogP contribution in [0.25, 0.3) is 5.52 Å². The average Bonchev–Trinajstić information content (AvgIpc) is 3.30. The Morgan fingerprint density at radius 2 is 2.11 bits per heavy atom. The zero-order valence-electron chi connectivity index (χ0n) is 15.5. The number of aliphatic hydroxyl groups excluding tert-OH is 1. The van der Waals surface area contributed by atoms with E-state index in [9.17, 15) is 14.7 Å². The van der Waals surface area contributed by atoms with Crippen molar-refractivity contribution < 1.29 is 14.7 Å². The molecule has 1 unspecified atom stereocenters. The number of fused-ring (bicyclic) bond motifs is 2. The third-order valence-corrected chi connectivity index (χ3v) is 6.15. The first-order chi connectivity index (χ1) is 13.7. The van der Waals surface area contributed by atoms with E-state index in [-0.39, 0.29) is 23.9 Å². The van der Waals surface area contributed by atoms with Gasteiger partial charge in [-0.05, 0) is 31.0 Å². The fraction of sp³-hybridized carbons (Fsp3) is 0.450. The molecule has 3 aliphatic rings. The first-order valence-electron chi connectivity index (χ1n) is 9.81. The van der Waals surface area contributed by atoms with Gasteiger partial charge in [0.25, 0.3) is 5.91 Å². The lowest BCUT2D eigenvalue weighted by atomic mass is 9.88. The minimum absolute atomic E-state index is 0.0729. The quantitative estimate of drug-likeness (QED) is 0.703. The summed E-state index contributed by atoms with van der Waals surface area (Å²) in [5, 5.41) is 20.6. The monoisotopic (exact) mass is 381 g/mol. The molecule has 2 aromatic heterocycles. The molecule has 1 fully saturated rings. The van der Waals surface area contributed by atoms with Crippen molar-refractivity contribution in [1.29, 1.82) is 0 Å². The van der Waals surface area contributed by atoms with Gasteiger partial charge in [-0.1, -0.05) is 18.9 Å². The molecule has 3 atom stereocenters. The summed E-state index contributed by atoms with van der Waals surface area (Å²) >= 11 is 0. The SMILES string of the molecule is O=C1NCC2=C1[C@@H](c1cccc3ccnn13)N(C(=O)CO)C1CCCC[C@H]1N2. The molecule has 0 spiro atoms. The van der Waals surface area contributed by atoms with Gasteiger partial charge in [-0.2, -0.15) is 5.10 Å². The van der Waals surface area contributed by atoms with Crippen LogP contribution in [-0.2, 0) is 9.59 Å². The number of rotatable bonds is 2. The van der Waals surface area contributed by atoms with Gasteiger partial charge in [0.15, 0.2) is 0 Å². The van der Waals surface area contributed by atoms with Crippen molar-refractivity contribution in [3.05, 3.63) is 47.4 Å². The Morgan fingerprint density at radius 3 is 2.96 bits per heavy atom. The normalized spacial score (nSPS) is 27.1. The highest BCUT2D eigenvalue weighted by Gasteiger charge is 2.46.